The molecule has 1 aliphatic heterocycles. The number of fused-ring (bicyclic) bond motifs is 1. The van der Waals surface area contributed by atoms with Crippen LogP contribution in [0.5, 0.6) is 5.88 Å². The average Bonchev–Trinajstić information content (AvgIpc) is 2.98. The summed E-state index contributed by atoms with van der Waals surface area (Å²) in [5, 5.41) is 1.16. The van der Waals surface area contributed by atoms with Crippen molar-refractivity contribution >= 4 is 16.8 Å². The zero-order valence-corrected chi connectivity index (χ0v) is 15.8. The second-order valence-electron chi connectivity index (χ2n) is 7.10. The van der Waals surface area contributed by atoms with Gasteiger partial charge in [-0.25, -0.2) is 4.98 Å². The van der Waals surface area contributed by atoms with Crippen LogP contribution in [0.25, 0.3) is 10.9 Å². The molecule has 3 aromatic rings. The van der Waals surface area contributed by atoms with Crippen molar-refractivity contribution in [2.24, 2.45) is 7.05 Å². The largest absolute Gasteiger partial charge is 0.474 e. The molecule has 0 aliphatic carbocycles. The summed E-state index contributed by atoms with van der Waals surface area (Å²) in [6, 6.07) is 10.00. The molecule has 0 spiro atoms. The van der Waals surface area contributed by atoms with Gasteiger partial charge in [-0.1, -0.05) is 18.2 Å². The van der Waals surface area contributed by atoms with E-state index in [1.54, 1.807) is 12.3 Å². The molecule has 3 heterocycles. The predicted octanol–water partition coefficient (Wildman–Crippen LogP) is 2.89. The van der Waals surface area contributed by atoms with Gasteiger partial charge in [0.25, 0.3) is 0 Å². The Kier molecular flexibility index (Phi) is 4.79. The number of piperidine rings is 1. The minimum atomic E-state index is 0.0981. The molecule has 27 heavy (non-hydrogen) atoms. The Morgan fingerprint density at radius 1 is 1.22 bits per heavy atom. The number of aryl methyl sites for hydroxylation is 2. The molecule has 0 saturated carbocycles. The molecular weight excluding hydrogens is 340 g/mol. The number of para-hydroxylation sites is 1. The maximum atomic E-state index is 12.8. The van der Waals surface area contributed by atoms with Crippen molar-refractivity contribution in [1.82, 2.24) is 19.4 Å². The van der Waals surface area contributed by atoms with Gasteiger partial charge in [-0.05, 0) is 18.6 Å². The number of nitrogens with zero attached hydrogens (tertiary/aromatic N) is 4. The number of carbonyl (C=O) groups excluding carboxylic acids is 1. The lowest BCUT2D eigenvalue weighted by Gasteiger charge is -2.32. The Morgan fingerprint density at radius 3 is 2.78 bits per heavy atom. The van der Waals surface area contributed by atoms with Crippen LogP contribution in [0.1, 0.15) is 24.2 Å². The third-order valence-corrected chi connectivity index (χ3v) is 5.15. The summed E-state index contributed by atoms with van der Waals surface area (Å²) in [6.45, 7) is 3.29. The van der Waals surface area contributed by atoms with Crippen molar-refractivity contribution < 1.29 is 9.53 Å². The van der Waals surface area contributed by atoms with E-state index in [-0.39, 0.29) is 12.0 Å². The quantitative estimate of drug-likeness (QED) is 0.714. The van der Waals surface area contributed by atoms with Gasteiger partial charge in [0.05, 0.1) is 6.42 Å². The lowest BCUT2D eigenvalue weighted by Crippen LogP contribution is -2.42. The van der Waals surface area contributed by atoms with E-state index in [0.717, 1.165) is 42.4 Å². The van der Waals surface area contributed by atoms with Gasteiger partial charge in [-0.15, -0.1) is 0 Å². The molecule has 140 valence electrons. The van der Waals surface area contributed by atoms with E-state index in [4.69, 9.17) is 4.74 Å². The molecule has 1 amide bonds. The zero-order chi connectivity index (χ0) is 18.8. The van der Waals surface area contributed by atoms with Crippen LogP contribution in [-0.2, 0) is 18.3 Å². The fourth-order valence-electron chi connectivity index (χ4n) is 3.74. The maximum absolute atomic E-state index is 12.8. The molecule has 1 aromatic carbocycles. The number of likely N-dealkylation sites (tertiary alicyclic amines) is 1. The third-order valence-electron chi connectivity index (χ3n) is 5.15. The summed E-state index contributed by atoms with van der Waals surface area (Å²) < 4.78 is 8.04. The summed E-state index contributed by atoms with van der Waals surface area (Å²) in [5.74, 6) is 1.50. The zero-order valence-electron chi connectivity index (χ0n) is 15.8. The van der Waals surface area contributed by atoms with Crippen LogP contribution >= 0.6 is 0 Å². The number of carbonyl (C=O) groups is 1. The minimum Gasteiger partial charge on any atom is -0.474 e. The Morgan fingerprint density at radius 2 is 2.00 bits per heavy atom. The molecule has 1 aliphatic rings. The van der Waals surface area contributed by atoms with Gasteiger partial charge in [-0.3, -0.25) is 4.79 Å². The molecule has 1 fully saturated rings. The molecule has 2 aromatic heterocycles. The summed E-state index contributed by atoms with van der Waals surface area (Å²) >= 11 is 0. The Balaban J connectivity index is 1.36. The molecule has 0 atom stereocenters. The van der Waals surface area contributed by atoms with Crippen LogP contribution in [0, 0.1) is 6.92 Å². The predicted molar refractivity (Wildman–Crippen MR) is 104 cm³/mol. The number of hydrogen-bond acceptors (Lipinski definition) is 4. The Labute approximate surface area is 158 Å². The monoisotopic (exact) mass is 364 g/mol. The highest BCUT2D eigenvalue weighted by Crippen LogP contribution is 2.22. The topological polar surface area (TPSA) is 60.2 Å². The SMILES string of the molecule is Cc1nccc(OC2CCN(C(=O)Cc3cn(C)c4ccccc34)CC2)n1. The van der Waals surface area contributed by atoms with Gasteiger partial charge in [0.2, 0.25) is 11.8 Å². The first-order valence-electron chi connectivity index (χ1n) is 9.37. The van der Waals surface area contributed by atoms with Crippen molar-refractivity contribution in [3.63, 3.8) is 0 Å². The maximum Gasteiger partial charge on any atom is 0.227 e. The molecular formula is C21H24N4O2. The number of hydrogen-bond donors (Lipinski definition) is 0. The number of aromatic nitrogens is 3. The van der Waals surface area contributed by atoms with Crippen molar-refractivity contribution in [2.45, 2.75) is 32.3 Å². The van der Waals surface area contributed by atoms with Crippen molar-refractivity contribution in [3.8, 4) is 5.88 Å². The molecule has 6 heteroatoms. The number of amides is 1. The Bertz CT molecular complexity index is 958. The van der Waals surface area contributed by atoms with Crippen molar-refractivity contribution in [1.29, 1.82) is 0 Å². The normalized spacial score (nSPS) is 15.3. The molecule has 0 unspecified atom stereocenters. The average molecular weight is 364 g/mol. The molecule has 4 rings (SSSR count). The van der Waals surface area contributed by atoms with E-state index in [0.29, 0.717) is 18.1 Å². The highest BCUT2D eigenvalue weighted by atomic mass is 16.5. The molecule has 0 N–H and O–H groups in total. The van der Waals surface area contributed by atoms with Gasteiger partial charge in [-0.2, -0.15) is 4.98 Å². The number of benzene rings is 1. The summed E-state index contributed by atoms with van der Waals surface area (Å²) in [5.41, 5.74) is 2.25. The number of rotatable bonds is 4. The molecule has 0 bridgehead atoms. The standard InChI is InChI=1S/C21H24N4O2/c1-15-22-10-7-20(23-15)27-17-8-11-25(12-9-17)21(26)13-16-14-24(2)19-6-4-3-5-18(16)19/h3-7,10,14,17H,8-9,11-13H2,1-2H3. The summed E-state index contributed by atoms with van der Waals surface area (Å²) in [6.07, 6.45) is 5.96. The second-order valence-corrected chi connectivity index (χ2v) is 7.10. The molecule has 0 radical (unpaired) electrons. The van der Waals surface area contributed by atoms with Crippen LogP contribution in [0.15, 0.2) is 42.7 Å². The fourth-order valence-corrected chi connectivity index (χ4v) is 3.74. The lowest BCUT2D eigenvalue weighted by atomic mass is 10.1. The molecule has 6 nitrogen and oxygen atoms in total. The van der Waals surface area contributed by atoms with Crippen LogP contribution < -0.4 is 4.74 Å². The Hall–Kier alpha value is -2.89. The second kappa shape index (κ2) is 7.39. The van der Waals surface area contributed by atoms with E-state index in [2.05, 4.69) is 32.9 Å². The number of ether oxygens (including phenoxy) is 1. The molecule has 1 saturated heterocycles. The van der Waals surface area contributed by atoms with Gasteiger partial charge < -0.3 is 14.2 Å². The third kappa shape index (κ3) is 3.79. The lowest BCUT2D eigenvalue weighted by molar-refractivity contribution is -0.132. The first-order chi connectivity index (χ1) is 13.1. The van der Waals surface area contributed by atoms with E-state index in [1.165, 1.54) is 0 Å². The van der Waals surface area contributed by atoms with Crippen molar-refractivity contribution in [3.05, 3.63) is 54.1 Å². The van der Waals surface area contributed by atoms with Crippen LogP contribution in [-0.4, -0.2) is 44.5 Å². The highest BCUT2D eigenvalue weighted by molar-refractivity contribution is 5.89. The minimum absolute atomic E-state index is 0.0981. The van der Waals surface area contributed by atoms with E-state index in [1.807, 2.05) is 31.0 Å². The summed E-state index contributed by atoms with van der Waals surface area (Å²) in [4.78, 5) is 23.1. The first kappa shape index (κ1) is 17.5. The van der Waals surface area contributed by atoms with Gasteiger partial charge >= 0.3 is 0 Å². The highest BCUT2D eigenvalue weighted by Gasteiger charge is 2.25. The first-order valence-corrected chi connectivity index (χ1v) is 9.37. The van der Waals surface area contributed by atoms with Crippen LogP contribution in [0.4, 0.5) is 0 Å². The fraction of sp³-hybridized carbons (Fsp3) is 0.381. The van der Waals surface area contributed by atoms with Crippen LogP contribution in [0.2, 0.25) is 0 Å². The summed E-state index contributed by atoms with van der Waals surface area (Å²) in [7, 11) is 2.02. The van der Waals surface area contributed by atoms with E-state index in [9.17, 15) is 4.79 Å². The van der Waals surface area contributed by atoms with E-state index >= 15 is 0 Å². The van der Waals surface area contributed by atoms with Crippen LogP contribution in [0.3, 0.4) is 0 Å². The van der Waals surface area contributed by atoms with Gasteiger partial charge in [0.1, 0.15) is 11.9 Å². The van der Waals surface area contributed by atoms with E-state index < -0.39 is 0 Å². The van der Waals surface area contributed by atoms with Crippen molar-refractivity contribution in [2.75, 3.05) is 13.1 Å². The van der Waals surface area contributed by atoms with Gasteiger partial charge in [0.15, 0.2) is 0 Å². The van der Waals surface area contributed by atoms with Gasteiger partial charge in [0, 0.05) is 62.3 Å². The smallest absolute Gasteiger partial charge is 0.227 e.